The molecule has 1 aromatic rings. The van der Waals surface area contributed by atoms with Gasteiger partial charge in [0.1, 0.15) is 0 Å². The number of carboxylic acids is 1. The molecule has 1 aliphatic heterocycles. The molecule has 1 fully saturated rings. The van der Waals surface area contributed by atoms with Gasteiger partial charge in [0.05, 0.1) is 5.75 Å². The molecule has 0 aromatic heterocycles. The van der Waals surface area contributed by atoms with Crippen molar-refractivity contribution in [3.05, 3.63) is 35.4 Å². The smallest absolute Gasteiger partial charge is 0.332 e. The molecule has 23 heavy (non-hydrogen) atoms. The molecule has 0 saturated carbocycles. The number of benzene rings is 1. The summed E-state index contributed by atoms with van der Waals surface area (Å²) in [7, 11) is -3.95. The fourth-order valence-corrected chi connectivity index (χ4v) is 4.26. The zero-order valence-electron chi connectivity index (χ0n) is 12.2. The van der Waals surface area contributed by atoms with E-state index >= 15 is 0 Å². The molecule has 1 aromatic carbocycles. The van der Waals surface area contributed by atoms with Gasteiger partial charge in [0.2, 0.25) is 10.0 Å². The first-order valence-electron chi connectivity index (χ1n) is 7.04. The number of carboxylic acid groups (broad SMARTS) is 1. The van der Waals surface area contributed by atoms with E-state index in [1.54, 1.807) is 0 Å². The van der Waals surface area contributed by atoms with Crippen LogP contribution in [-0.2, 0) is 20.6 Å². The van der Waals surface area contributed by atoms with Crippen LogP contribution < -0.4 is 0 Å². The topological polar surface area (TPSA) is 94.9 Å². The molecule has 2 N–H and O–H groups in total. The second kappa shape index (κ2) is 6.90. The molecule has 2 unspecified atom stereocenters. The van der Waals surface area contributed by atoms with E-state index in [-0.39, 0.29) is 18.7 Å². The summed E-state index contributed by atoms with van der Waals surface area (Å²) in [6.07, 6.45) is -0.882. The lowest BCUT2D eigenvalue weighted by atomic mass is 9.94. The monoisotopic (exact) mass is 349 g/mol. The van der Waals surface area contributed by atoms with E-state index < -0.39 is 45.4 Å². The Morgan fingerprint density at radius 3 is 2.74 bits per heavy atom. The first-order valence-corrected chi connectivity index (χ1v) is 8.65. The van der Waals surface area contributed by atoms with Crippen molar-refractivity contribution in [2.45, 2.75) is 24.7 Å². The number of sulfonamides is 1. The maximum absolute atomic E-state index is 13.6. The molecule has 0 amide bonds. The van der Waals surface area contributed by atoms with E-state index in [2.05, 4.69) is 0 Å². The van der Waals surface area contributed by atoms with Crippen molar-refractivity contribution in [3.8, 4) is 0 Å². The maximum atomic E-state index is 13.6. The molecular weight excluding hydrogens is 332 g/mol. The van der Waals surface area contributed by atoms with Crippen LogP contribution in [0.15, 0.2) is 18.2 Å². The van der Waals surface area contributed by atoms with Crippen LogP contribution in [0.1, 0.15) is 18.4 Å². The van der Waals surface area contributed by atoms with Crippen molar-refractivity contribution < 1.29 is 32.2 Å². The molecule has 0 aliphatic carbocycles. The van der Waals surface area contributed by atoms with Crippen LogP contribution in [0.4, 0.5) is 8.78 Å². The fourth-order valence-electron chi connectivity index (χ4n) is 2.63. The zero-order chi connectivity index (χ0) is 17.2. The summed E-state index contributed by atoms with van der Waals surface area (Å²) in [5.74, 6) is -5.20. The molecule has 2 atom stereocenters. The molecule has 1 aliphatic rings. The second-order valence-electron chi connectivity index (χ2n) is 5.51. The third-order valence-corrected chi connectivity index (χ3v) is 5.68. The summed E-state index contributed by atoms with van der Waals surface area (Å²) in [6.45, 7) is -0.00512. The lowest BCUT2D eigenvalue weighted by Gasteiger charge is -2.33. The summed E-state index contributed by atoms with van der Waals surface area (Å²) in [4.78, 5) is 10.8. The third-order valence-electron chi connectivity index (χ3n) is 3.88. The maximum Gasteiger partial charge on any atom is 0.332 e. The van der Waals surface area contributed by atoms with Gasteiger partial charge < -0.3 is 10.2 Å². The van der Waals surface area contributed by atoms with Crippen molar-refractivity contribution in [1.82, 2.24) is 4.31 Å². The fraction of sp³-hybridized carbons (Fsp3) is 0.500. The minimum Gasteiger partial charge on any atom is -0.479 e. The molecule has 0 radical (unpaired) electrons. The molecule has 9 heteroatoms. The Bertz CT molecular complexity index is 694. The molecular formula is C14H17F2NO5S. The van der Waals surface area contributed by atoms with E-state index in [1.807, 2.05) is 0 Å². The summed E-state index contributed by atoms with van der Waals surface area (Å²) in [5, 5.41) is 18.4. The highest BCUT2D eigenvalue weighted by molar-refractivity contribution is 7.88. The molecule has 2 rings (SSSR count). The van der Waals surface area contributed by atoms with Crippen LogP contribution >= 0.6 is 0 Å². The molecule has 0 bridgehead atoms. The van der Waals surface area contributed by atoms with Crippen LogP contribution in [0.2, 0.25) is 0 Å². The summed E-state index contributed by atoms with van der Waals surface area (Å²) >= 11 is 0. The van der Waals surface area contributed by atoms with E-state index in [9.17, 15) is 27.1 Å². The Kier molecular flexibility index (Phi) is 5.33. The van der Waals surface area contributed by atoms with Crippen molar-refractivity contribution in [2.24, 2.45) is 5.92 Å². The van der Waals surface area contributed by atoms with Gasteiger partial charge in [-0.05, 0) is 18.9 Å². The van der Waals surface area contributed by atoms with Gasteiger partial charge in [0.15, 0.2) is 17.7 Å². The van der Waals surface area contributed by atoms with Gasteiger partial charge in [-0.15, -0.1) is 0 Å². The second-order valence-corrected chi connectivity index (χ2v) is 7.48. The number of rotatable bonds is 5. The summed E-state index contributed by atoms with van der Waals surface area (Å²) in [6, 6.07) is 3.30. The highest BCUT2D eigenvalue weighted by Crippen LogP contribution is 2.25. The van der Waals surface area contributed by atoms with Crippen LogP contribution in [0.25, 0.3) is 0 Å². The Morgan fingerprint density at radius 2 is 2.09 bits per heavy atom. The van der Waals surface area contributed by atoms with Gasteiger partial charge >= 0.3 is 5.97 Å². The quantitative estimate of drug-likeness (QED) is 0.825. The van der Waals surface area contributed by atoms with Gasteiger partial charge in [-0.3, -0.25) is 0 Å². The van der Waals surface area contributed by atoms with E-state index in [0.717, 1.165) is 10.4 Å². The number of aliphatic hydroxyl groups excluding tert-OH is 1. The summed E-state index contributed by atoms with van der Waals surface area (Å²) < 4.78 is 52.6. The zero-order valence-corrected chi connectivity index (χ0v) is 13.0. The van der Waals surface area contributed by atoms with Crippen molar-refractivity contribution in [2.75, 3.05) is 13.1 Å². The van der Waals surface area contributed by atoms with Gasteiger partial charge in [0, 0.05) is 24.6 Å². The van der Waals surface area contributed by atoms with E-state index in [0.29, 0.717) is 12.8 Å². The third kappa shape index (κ3) is 4.04. The number of carbonyl (C=O) groups is 1. The molecule has 128 valence electrons. The number of piperidine rings is 1. The number of hydrogen-bond acceptors (Lipinski definition) is 4. The van der Waals surface area contributed by atoms with Crippen molar-refractivity contribution >= 4 is 16.0 Å². The normalized spacial score (nSPS) is 21.1. The number of hydrogen-bond donors (Lipinski definition) is 2. The number of nitrogens with zero attached hydrogens (tertiary/aromatic N) is 1. The number of halogens is 2. The van der Waals surface area contributed by atoms with E-state index in [4.69, 9.17) is 5.11 Å². The van der Waals surface area contributed by atoms with Crippen LogP contribution in [0, 0.1) is 17.6 Å². The lowest BCUT2D eigenvalue weighted by Crippen LogP contribution is -2.45. The largest absolute Gasteiger partial charge is 0.479 e. The first kappa shape index (κ1) is 17.8. The predicted molar refractivity (Wildman–Crippen MR) is 76.9 cm³/mol. The average molecular weight is 349 g/mol. The highest BCUT2D eigenvalue weighted by Gasteiger charge is 2.35. The highest BCUT2D eigenvalue weighted by atomic mass is 32.2. The Hall–Kier alpha value is -1.58. The summed E-state index contributed by atoms with van der Waals surface area (Å²) in [5.41, 5.74) is -0.286. The first-order chi connectivity index (χ1) is 10.7. The van der Waals surface area contributed by atoms with Crippen LogP contribution in [0.3, 0.4) is 0 Å². The lowest BCUT2D eigenvalue weighted by molar-refractivity contribution is -0.150. The Morgan fingerprint density at radius 1 is 1.39 bits per heavy atom. The van der Waals surface area contributed by atoms with Crippen molar-refractivity contribution in [3.63, 3.8) is 0 Å². The van der Waals surface area contributed by atoms with Gasteiger partial charge in [0.25, 0.3) is 0 Å². The van der Waals surface area contributed by atoms with Crippen molar-refractivity contribution in [1.29, 1.82) is 0 Å². The molecule has 1 heterocycles. The standard InChI is InChI=1S/C14H17F2NO5S/c15-11-5-1-3-10(12(11)16)8-23(21,22)17-6-2-4-9(7-17)13(18)14(19)20/h1,3,5,9,13,18H,2,4,6-8H2,(H,19,20). The minimum atomic E-state index is -3.95. The van der Waals surface area contributed by atoms with Gasteiger partial charge in [-0.2, -0.15) is 0 Å². The molecule has 0 spiro atoms. The predicted octanol–water partition coefficient (Wildman–Crippen LogP) is 0.952. The number of aliphatic hydroxyl groups is 1. The van der Waals surface area contributed by atoms with Crippen LogP contribution in [0.5, 0.6) is 0 Å². The molecule has 6 nitrogen and oxygen atoms in total. The number of aliphatic carboxylic acids is 1. The van der Waals surface area contributed by atoms with Crippen LogP contribution in [-0.4, -0.2) is 48.1 Å². The average Bonchev–Trinajstić information content (AvgIpc) is 2.51. The Labute approximate surface area is 132 Å². The van der Waals surface area contributed by atoms with Gasteiger partial charge in [-0.1, -0.05) is 12.1 Å². The Balaban J connectivity index is 2.16. The molecule has 1 saturated heterocycles. The minimum absolute atomic E-state index is 0.155. The van der Waals surface area contributed by atoms with Gasteiger partial charge in [-0.25, -0.2) is 26.3 Å². The SMILES string of the molecule is O=C(O)C(O)C1CCCN(S(=O)(=O)Cc2cccc(F)c2F)C1. The van der Waals surface area contributed by atoms with E-state index in [1.165, 1.54) is 12.1 Å².